The van der Waals surface area contributed by atoms with Gasteiger partial charge in [-0.15, -0.1) is 0 Å². The Bertz CT molecular complexity index is 1740. The number of fused-ring (bicyclic) bond motifs is 1. The lowest BCUT2D eigenvalue weighted by Gasteiger charge is -2.22. The van der Waals surface area contributed by atoms with E-state index in [1.165, 1.54) is 22.3 Å². The van der Waals surface area contributed by atoms with Crippen molar-refractivity contribution in [1.29, 1.82) is 0 Å². The quantitative estimate of drug-likeness (QED) is 0.139. The number of hydrogen-bond donors (Lipinski definition) is 2. The number of anilines is 1. The van der Waals surface area contributed by atoms with Gasteiger partial charge in [-0.2, -0.15) is 0 Å². The molecule has 0 bridgehead atoms. The van der Waals surface area contributed by atoms with Crippen molar-refractivity contribution < 1.29 is 14.7 Å². The lowest BCUT2D eigenvalue weighted by Crippen LogP contribution is -2.16. The molecule has 5 nitrogen and oxygen atoms in total. The highest BCUT2D eigenvalue weighted by Crippen LogP contribution is 2.31. The summed E-state index contributed by atoms with van der Waals surface area (Å²) in [6, 6.07) is 33.3. The van der Waals surface area contributed by atoms with Crippen molar-refractivity contribution in [2.45, 2.75) is 72.8 Å². The molecular weight excluding hydrogens is 568 g/mol. The summed E-state index contributed by atoms with van der Waals surface area (Å²) >= 11 is 0. The zero-order chi connectivity index (χ0) is 32.8. The summed E-state index contributed by atoms with van der Waals surface area (Å²) in [5.41, 5.74) is 9.17. The van der Waals surface area contributed by atoms with E-state index in [1.54, 1.807) is 4.57 Å². The largest absolute Gasteiger partial charge is 0.481 e. The zero-order valence-electron chi connectivity index (χ0n) is 27.7. The number of benzene rings is 4. The van der Waals surface area contributed by atoms with Gasteiger partial charge >= 0.3 is 5.97 Å². The minimum atomic E-state index is -0.807. The first kappa shape index (κ1) is 32.7. The van der Waals surface area contributed by atoms with E-state index in [2.05, 4.69) is 81.5 Å². The molecule has 0 spiro atoms. The van der Waals surface area contributed by atoms with Gasteiger partial charge in [-0.05, 0) is 96.5 Å². The van der Waals surface area contributed by atoms with Gasteiger partial charge in [0, 0.05) is 28.8 Å². The molecule has 46 heavy (non-hydrogen) atoms. The summed E-state index contributed by atoms with van der Waals surface area (Å²) in [5, 5.41) is 13.9. The van der Waals surface area contributed by atoms with E-state index in [4.69, 9.17) is 0 Å². The number of carbonyl (C=O) groups excluding carboxylic acids is 1. The van der Waals surface area contributed by atoms with Gasteiger partial charge in [0.1, 0.15) is 0 Å². The number of carbonyl (C=O) groups is 2. The Balaban J connectivity index is 1.47. The molecule has 1 heterocycles. The highest BCUT2D eigenvalue weighted by Gasteiger charge is 2.21. The molecule has 0 radical (unpaired) electrons. The van der Waals surface area contributed by atoms with Crippen molar-refractivity contribution >= 4 is 28.5 Å². The number of nitrogens with one attached hydrogen (secondary N) is 1. The van der Waals surface area contributed by atoms with Gasteiger partial charge in [0.15, 0.2) is 0 Å². The Morgan fingerprint density at radius 2 is 1.35 bits per heavy atom. The summed E-state index contributed by atoms with van der Waals surface area (Å²) < 4.78 is 1.78. The van der Waals surface area contributed by atoms with E-state index < -0.39 is 5.97 Å². The normalized spacial score (nSPS) is 11.6. The Kier molecular flexibility index (Phi) is 10.4. The summed E-state index contributed by atoms with van der Waals surface area (Å²) in [6.45, 7) is 10.9. The summed E-state index contributed by atoms with van der Waals surface area (Å²) in [5.74, 6) is 0.276. The van der Waals surface area contributed by atoms with Crippen LogP contribution in [0.1, 0.15) is 90.4 Å². The third-order valence-electron chi connectivity index (χ3n) is 8.60. The van der Waals surface area contributed by atoms with Crippen molar-refractivity contribution in [1.82, 2.24) is 4.57 Å². The third-order valence-corrected chi connectivity index (χ3v) is 8.60. The lowest BCUT2D eigenvalue weighted by atomic mass is 9.93. The molecule has 0 aliphatic heterocycles. The number of aryl methyl sites for hydroxylation is 1. The maximum absolute atomic E-state index is 14.1. The van der Waals surface area contributed by atoms with Crippen LogP contribution in [0.3, 0.4) is 0 Å². The molecule has 1 aromatic heterocycles. The Hall–Kier alpha value is -4.64. The van der Waals surface area contributed by atoms with Gasteiger partial charge in [-0.25, -0.2) is 0 Å². The summed E-state index contributed by atoms with van der Waals surface area (Å²) in [4.78, 5) is 25.3. The molecule has 0 aliphatic carbocycles. The van der Waals surface area contributed by atoms with Gasteiger partial charge in [-0.1, -0.05) is 100 Å². The smallest absolute Gasteiger partial charge is 0.303 e. The lowest BCUT2D eigenvalue weighted by molar-refractivity contribution is -0.137. The Labute approximate surface area is 273 Å². The molecule has 238 valence electrons. The first-order chi connectivity index (χ1) is 22.1. The number of para-hydroxylation sites is 1. The van der Waals surface area contributed by atoms with Crippen LogP contribution >= 0.6 is 0 Å². The van der Waals surface area contributed by atoms with Crippen LogP contribution in [0.15, 0.2) is 97.1 Å². The van der Waals surface area contributed by atoms with Crippen molar-refractivity contribution in [3.8, 4) is 0 Å². The molecule has 5 aromatic rings. The van der Waals surface area contributed by atoms with Crippen LogP contribution in [0, 0.1) is 18.8 Å². The minimum Gasteiger partial charge on any atom is -0.481 e. The topological polar surface area (TPSA) is 71.3 Å². The van der Waals surface area contributed by atoms with E-state index in [0.717, 1.165) is 40.7 Å². The van der Waals surface area contributed by atoms with Crippen molar-refractivity contribution in [2.24, 2.45) is 11.8 Å². The number of carboxylic acids is 1. The first-order valence-corrected chi connectivity index (χ1v) is 16.5. The second-order valence-corrected chi connectivity index (χ2v) is 13.3. The Morgan fingerprint density at radius 1 is 0.761 bits per heavy atom. The highest BCUT2D eigenvalue weighted by atomic mass is 16.4. The van der Waals surface area contributed by atoms with Crippen molar-refractivity contribution in [3.63, 3.8) is 0 Å². The van der Waals surface area contributed by atoms with Gasteiger partial charge < -0.3 is 10.4 Å². The van der Waals surface area contributed by atoms with Crippen LogP contribution in [0.5, 0.6) is 0 Å². The number of carboxylic acid groups (broad SMARTS) is 1. The molecule has 2 N–H and O–H groups in total. The number of hydrogen-bond acceptors (Lipinski definition) is 3. The van der Waals surface area contributed by atoms with Crippen LogP contribution < -0.4 is 5.32 Å². The molecule has 5 heteroatoms. The molecule has 0 amide bonds. The maximum atomic E-state index is 14.1. The van der Waals surface area contributed by atoms with Crippen LogP contribution in [0.2, 0.25) is 0 Å². The van der Waals surface area contributed by atoms with Gasteiger partial charge in [0.05, 0.1) is 11.6 Å². The van der Waals surface area contributed by atoms with E-state index in [9.17, 15) is 14.7 Å². The van der Waals surface area contributed by atoms with Crippen LogP contribution in [-0.4, -0.2) is 21.6 Å². The van der Waals surface area contributed by atoms with E-state index >= 15 is 0 Å². The number of aliphatic carboxylic acids is 1. The first-order valence-electron chi connectivity index (χ1n) is 16.5. The van der Waals surface area contributed by atoms with Crippen LogP contribution in [-0.2, 0) is 24.1 Å². The van der Waals surface area contributed by atoms with Gasteiger partial charge in [0.25, 0.3) is 5.91 Å². The Morgan fingerprint density at radius 3 is 1.91 bits per heavy atom. The van der Waals surface area contributed by atoms with Crippen molar-refractivity contribution in [3.05, 3.63) is 136 Å². The molecular formula is C41H46N2O3. The average molecular weight is 615 g/mol. The molecule has 5 rings (SSSR count). The molecule has 0 saturated carbocycles. The molecule has 0 fully saturated rings. The van der Waals surface area contributed by atoms with E-state index in [0.29, 0.717) is 30.2 Å². The third kappa shape index (κ3) is 7.77. The predicted octanol–water partition coefficient (Wildman–Crippen LogP) is 9.64. The molecule has 0 aliphatic rings. The fourth-order valence-corrected chi connectivity index (χ4v) is 6.46. The highest BCUT2D eigenvalue weighted by molar-refractivity contribution is 6.04. The fraction of sp³-hybridized carbons (Fsp3) is 0.317. The average Bonchev–Trinajstić information content (AvgIpc) is 3.30. The minimum absolute atomic E-state index is 0.0958. The summed E-state index contributed by atoms with van der Waals surface area (Å²) in [7, 11) is 0. The van der Waals surface area contributed by atoms with Crippen LogP contribution in [0.4, 0.5) is 5.69 Å². The SMILES string of the molecule is Cc1c(CCCC(=O)O)c2ccccc2n1C(=O)c1cccc(NC(c2ccc(CC(C)C)cc2)c2ccc(CC(C)C)cc2)c1. The maximum Gasteiger partial charge on any atom is 0.303 e. The molecule has 0 atom stereocenters. The fourth-order valence-electron chi connectivity index (χ4n) is 6.46. The van der Waals surface area contributed by atoms with E-state index in [-0.39, 0.29) is 18.4 Å². The molecule has 0 unspecified atom stereocenters. The second kappa shape index (κ2) is 14.6. The number of nitrogens with zero attached hydrogens (tertiary/aromatic N) is 1. The van der Waals surface area contributed by atoms with Crippen molar-refractivity contribution in [2.75, 3.05) is 5.32 Å². The standard InChI is InChI=1S/C41H46N2O3/c1-27(2)24-30-16-20-32(21-17-30)40(33-22-18-31(19-23-33)25-28(3)4)42-35-11-8-10-34(26-35)41(46)43-29(5)36(13-9-15-39(44)45)37-12-6-7-14-38(37)43/h6-8,10-12,14,16-23,26-28,40,42H,9,13,15,24-25H2,1-5H3,(H,44,45). The second-order valence-electron chi connectivity index (χ2n) is 13.3. The van der Waals surface area contributed by atoms with Crippen LogP contribution in [0.25, 0.3) is 10.9 Å². The summed E-state index contributed by atoms with van der Waals surface area (Å²) in [6.07, 6.45) is 3.31. The predicted molar refractivity (Wildman–Crippen MR) is 189 cm³/mol. The molecule has 4 aromatic carbocycles. The van der Waals surface area contributed by atoms with Gasteiger partial charge in [-0.3, -0.25) is 14.2 Å². The number of rotatable bonds is 13. The van der Waals surface area contributed by atoms with E-state index in [1.807, 2.05) is 55.5 Å². The monoisotopic (exact) mass is 614 g/mol. The molecule has 0 saturated heterocycles. The number of aromatic nitrogens is 1. The van der Waals surface area contributed by atoms with Gasteiger partial charge in [0.2, 0.25) is 0 Å². The zero-order valence-corrected chi connectivity index (χ0v) is 27.7.